The number of nitrogens with one attached hydrogen (secondary N) is 2. The number of hydrogen-bond acceptors (Lipinski definition) is 3. The molecule has 2 N–H and O–H groups in total. The quantitative estimate of drug-likeness (QED) is 0.873. The van der Waals surface area contributed by atoms with Gasteiger partial charge in [0.15, 0.2) is 0 Å². The van der Waals surface area contributed by atoms with Crippen LogP contribution in [0.25, 0.3) is 0 Å². The fourth-order valence-corrected chi connectivity index (χ4v) is 1.26. The van der Waals surface area contributed by atoms with Crippen LogP contribution in [0.15, 0.2) is 24.3 Å². The summed E-state index contributed by atoms with van der Waals surface area (Å²) in [6.07, 6.45) is -4.77. The summed E-state index contributed by atoms with van der Waals surface area (Å²) >= 11 is 0. The molecule has 0 saturated carbocycles. The van der Waals surface area contributed by atoms with E-state index in [1.54, 1.807) is 5.32 Å². The second-order valence-corrected chi connectivity index (χ2v) is 3.82. The highest BCUT2D eigenvalue weighted by Crippen LogP contribution is 2.19. The molecule has 0 saturated heterocycles. The molecule has 0 radical (unpaired) electrons. The van der Waals surface area contributed by atoms with Gasteiger partial charge in [-0.3, -0.25) is 9.59 Å². The summed E-state index contributed by atoms with van der Waals surface area (Å²) in [7, 11) is 1.46. The second kappa shape index (κ2) is 6.90. The third-order valence-corrected chi connectivity index (χ3v) is 2.22. The van der Waals surface area contributed by atoms with Gasteiger partial charge in [-0.2, -0.15) is 13.2 Å². The summed E-state index contributed by atoms with van der Waals surface area (Å²) in [5, 5.41) is 4.23. The Labute approximate surface area is 113 Å². The lowest BCUT2D eigenvalue weighted by Gasteiger charge is -2.09. The third kappa shape index (κ3) is 5.27. The van der Waals surface area contributed by atoms with Gasteiger partial charge in [-0.25, -0.2) is 0 Å². The van der Waals surface area contributed by atoms with E-state index in [4.69, 9.17) is 4.74 Å². The van der Waals surface area contributed by atoms with E-state index in [1.165, 1.54) is 31.4 Å². The standard InChI is InChI=1S/C12H13F3N2O3/c1-20-7-6-10(18)16-8-2-4-9(5-3-8)17-11(19)12(13,14)15/h2-5H,6-7H2,1H3,(H,16,18)(H,17,19). The summed E-state index contributed by atoms with van der Waals surface area (Å²) in [6.45, 7) is 0.269. The van der Waals surface area contributed by atoms with Crippen molar-refractivity contribution in [2.75, 3.05) is 24.4 Å². The number of halogens is 3. The van der Waals surface area contributed by atoms with Crippen LogP contribution in [0.4, 0.5) is 24.5 Å². The molecule has 0 spiro atoms. The van der Waals surface area contributed by atoms with Crippen LogP contribution in [-0.4, -0.2) is 31.7 Å². The lowest BCUT2D eigenvalue weighted by atomic mass is 10.2. The molecule has 2 amide bonds. The minimum absolute atomic E-state index is 0.0118. The largest absolute Gasteiger partial charge is 0.471 e. The zero-order chi connectivity index (χ0) is 15.2. The maximum absolute atomic E-state index is 12.0. The molecule has 1 aromatic rings. The van der Waals surface area contributed by atoms with Crippen molar-refractivity contribution in [1.29, 1.82) is 0 Å². The molecule has 110 valence electrons. The zero-order valence-corrected chi connectivity index (χ0v) is 10.6. The Morgan fingerprint density at radius 3 is 2.05 bits per heavy atom. The van der Waals surface area contributed by atoms with Crippen LogP contribution in [0, 0.1) is 0 Å². The summed E-state index contributed by atoms with van der Waals surface area (Å²) in [6, 6.07) is 5.29. The predicted molar refractivity (Wildman–Crippen MR) is 66.2 cm³/mol. The Balaban J connectivity index is 2.56. The van der Waals surface area contributed by atoms with Crippen LogP contribution < -0.4 is 10.6 Å². The molecule has 0 fully saturated rings. The highest BCUT2D eigenvalue weighted by atomic mass is 19.4. The number of rotatable bonds is 5. The number of hydrogen-bond donors (Lipinski definition) is 2. The first kappa shape index (κ1) is 16.0. The van der Waals surface area contributed by atoms with E-state index in [-0.39, 0.29) is 24.6 Å². The fraction of sp³-hybridized carbons (Fsp3) is 0.333. The maximum Gasteiger partial charge on any atom is 0.471 e. The molecule has 20 heavy (non-hydrogen) atoms. The zero-order valence-electron chi connectivity index (χ0n) is 10.6. The van der Waals surface area contributed by atoms with Gasteiger partial charge in [0.2, 0.25) is 5.91 Å². The van der Waals surface area contributed by atoms with E-state index in [0.29, 0.717) is 5.69 Å². The molecule has 0 unspecified atom stereocenters. The van der Waals surface area contributed by atoms with Crippen LogP contribution in [0.2, 0.25) is 0 Å². The molecular weight excluding hydrogens is 277 g/mol. The molecule has 0 aliphatic heterocycles. The number of alkyl halides is 3. The third-order valence-electron chi connectivity index (χ3n) is 2.22. The van der Waals surface area contributed by atoms with Crippen LogP contribution >= 0.6 is 0 Å². The summed E-state index contributed by atoms with van der Waals surface area (Å²) in [4.78, 5) is 22.1. The molecule has 0 heterocycles. The lowest BCUT2D eigenvalue weighted by molar-refractivity contribution is -0.167. The SMILES string of the molecule is COCCC(=O)Nc1ccc(NC(=O)C(F)(F)F)cc1. The number of anilines is 2. The van der Waals surface area contributed by atoms with E-state index < -0.39 is 12.1 Å². The molecular formula is C12H13F3N2O3. The molecule has 1 aromatic carbocycles. The molecule has 0 bridgehead atoms. The number of benzene rings is 1. The Morgan fingerprint density at radius 2 is 1.60 bits per heavy atom. The van der Waals surface area contributed by atoms with E-state index in [1.807, 2.05) is 0 Å². The molecule has 1 rings (SSSR count). The number of methoxy groups -OCH3 is 1. The second-order valence-electron chi connectivity index (χ2n) is 3.82. The molecule has 0 aromatic heterocycles. The van der Waals surface area contributed by atoms with Gasteiger partial charge in [-0.05, 0) is 24.3 Å². The Hall–Kier alpha value is -2.09. The van der Waals surface area contributed by atoms with Gasteiger partial charge in [0.25, 0.3) is 0 Å². The highest BCUT2D eigenvalue weighted by Gasteiger charge is 2.38. The number of carbonyl (C=O) groups excluding carboxylic acids is 2. The van der Waals surface area contributed by atoms with Crippen LogP contribution in [-0.2, 0) is 14.3 Å². The smallest absolute Gasteiger partial charge is 0.384 e. The minimum atomic E-state index is -4.94. The Bertz CT molecular complexity index is 472. The van der Waals surface area contributed by atoms with Crippen molar-refractivity contribution < 1.29 is 27.5 Å². The van der Waals surface area contributed by atoms with Crippen molar-refractivity contribution in [2.45, 2.75) is 12.6 Å². The van der Waals surface area contributed by atoms with E-state index in [2.05, 4.69) is 5.32 Å². The summed E-state index contributed by atoms with van der Waals surface area (Å²) in [5.41, 5.74) is 0.401. The van der Waals surface area contributed by atoms with Crippen molar-refractivity contribution in [1.82, 2.24) is 0 Å². The first-order chi connectivity index (χ1) is 9.32. The van der Waals surface area contributed by atoms with E-state index >= 15 is 0 Å². The van der Waals surface area contributed by atoms with Crippen molar-refractivity contribution in [3.63, 3.8) is 0 Å². The van der Waals surface area contributed by atoms with Gasteiger partial charge in [0.05, 0.1) is 13.0 Å². The number of ether oxygens (including phenoxy) is 1. The first-order valence-electron chi connectivity index (χ1n) is 5.60. The van der Waals surface area contributed by atoms with Gasteiger partial charge in [-0.1, -0.05) is 0 Å². The molecule has 0 aliphatic rings. The predicted octanol–water partition coefficient (Wildman–Crippen LogP) is 2.16. The first-order valence-corrected chi connectivity index (χ1v) is 5.60. The van der Waals surface area contributed by atoms with Gasteiger partial charge in [-0.15, -0.1) is 0 Å². The minimum Gasteiger partial charge on any atom is -0.384 e. The Morgan fingerprint density at radius 1 is 1.10 bits per heavy atom. The van der Waals surface area contributed by atoms with Gasteiger partial charge in [0.1, 0.15) is 0 Å². The van der Waals surface area contributed by atoms with Crippen LogP contribution in [0.5, 0.6) is 0 Å². The topological polar surface area (TPSA) is 67.4 Å². The number of amides is 2. The van der Waals surface area contributed by atoms with E-state index in [0.717, 1.165) is 0 Å². The molecule has 5 nitrogen and oxygen atoms in total. The van der Waals surface area contributed by atoms with Crippen molar-refractivity contribution >= 4 is 23.2 Å². The van der Waals surface area contributed by atoms with Gasteiger partial charge < -0.3 is 15.4 Å². The summed E-state index contributed by atoms with van der Waals surface area (Å²) < 4.78 is 40.8. The number of carbonyl (C=O) groups is 2. The highest BCUT2D eigenvalue weighted by molar-refractivity contribution is 5.95. The van der Waals surface area contributed by atoms with Crippen LogP contribution in [0.1, 0.15) is 6.42 Å². The lowest BCUT2D eigenvalue weighted by Crippen LogP contribution is -2.29. The monoisotopic (exact) mass is 290 g/mol. The molecule has 0 atom stereocenters. The Kier molecular flexibility index (Phi) is 5.51. The average Bonchev–Trinajstić information content (AvgIpc) is 2.37. The van der Waals surface area contributed by atoms with Gasteiger partial charge in [0, 0.05) is 18.5 Å². The van der Waals surface area contributed by atoms with Crippen molar-refractivity contribution in [2.24, 2.45) is 0 Å². The van der Waals surface area contributed by atoms with Crippen LogP contribution in [0.3, 0.4) is 0 Å². The van der Waals surface area contributed by atoms with Crippen molar-refractivity contribution in [3.05, 3.63) is 24.3 Å². The van der Waals surface area contributed by atoms with Crippen molar-refractivity contribution in [3.8, 4) is 0 Å². The molecule has 0 aliphatic carbocycles. The summed E-state index contributed by atoms with van der Waals surface area (Å²) in [5.74, 6) is -2.33. The average molecular weight is 290 g/mol. The normalized spacial score (nSPS) is 11.0. The van der Waals surface area contributed by atoms with E-state index in [9.17, 15) is 22.8 Å². The van der Waals surface area contributed by atoms with Gasteiger partial charge >= 0.3 is 12.1 Å². The maximum atomic E-state index is 12.0. The molecule has 8 heteroatoms. The fourth-order valence-electron chi connectivity index (χ4n) is 1.26.